The van der Waals surface area contributed by atoms with Gasteiger partial charge in [-0.25, -0.2) is 0 Å². The van der Waals surface area contributed by atoms with E-state index in [0.717, 1.165) is 148 Å². The first kappa shape index (κ1) is 93.6. The van der Waals surface area contributed by atoms with Crippen molar-refractivity contribution in [3.8, 4) is 0 Å². The Morgan fingerprint density at radius 2 is 0.340 bits per heavy atom. The van der Waals surface area contributed by atoms with E-state index in [4.69, 9.17) is 325 Å². The third-order valence-electron chi connectivity index (χ3n) is 17.6. The molecule has 0 spiro atoms. The Kier molecular flexibility index (Phi) is 37.6. The number of rotatable bonds is 32. The molecule has 6 aromatic carbocycles. The summed E-state index contributed by atoms with van der Waals surface area (Å²) in [6, 6.07) is 0. The summed E-state index contributed by atoms with van der Waals surface area (Å²) in [5, 5.41) is -3.98. The third-order valence-corrected chi connectivity index (χ3v) is 32.6. The van der Waals surface area contributed by atoms with Crippen LogP contribution in [-0.2, 0) is 25.7 Å². The lowest BCUT2D eigenvalue weighted by Gasteiger charge is -2.28. The van der Waals surface area contributed by atoms with Crippen LogP contribution in [0.4, 0.5) is 0 Å². The molecule has 2 aromatic heterocycles. The van der Waals surface area contributed by atoms with Crippen LogP contribution in [-0.4, -0.2) is 0 Å². The number of hydrogen-bond donors (Lipinski definition) is 0. The van der Waals surface area contributed by atoms with Gasteiger partial charge in [-0.15, -0.1) is 22.7 Å². The largest absolute Gasteiger partial charge is 0.136 e. The smallest absolute Gasteiger partial charge is 0.0809 e. The molecule has 0 N–H and O–H groups in total. The zero-order valence-electron chi connectivity index (χ0n) is 56.0. The summed E-state index contributed by atoms with van der Waals surface area (Å²) in [4.78, 5) is 4.21. The molecule has 0 unspecified atom stereocenters. The Balaban J connectivity index is 1.33. The zero-order valence-corrected chi connectivity index (χ0v) is 78.8. The van der Waals surface area contributed by atoms with E-state index in [0.29, 0.717) is 11.1 Å². The number of unbranched alkanes of at least 4 members (excludes halogenated alkanes) is 12. The maximum Gasteiger partial charge on any atom is 0.0809 e. The van der Waals surface area contributed by atoms with Crippen LogP contribution in [0.3, 0.4) is 0 Å². The van der Waals surface area contributed by atoms with Crippen molar-refractivity contribution >= 4 is 384 Å². The summed E-state index contributed by atoms with van der Waals surface area (Å²) in [5.41, 5.74) is 5.26. The Morgan fingerprint density at radius 1 is 0.189 bits per heavy atom. The fourth-order valence-electron chi connectivity index (χ4n) is 12.2. The molecular weight excluding hydrogens is 1970 g/mol. The molecule has 0 aliphatic heterocycles. The summed E-state index contributed by atoms with van der Waals surface area (Å²) in [5.74, 6) is -0.0935. The first-order valence-corrected chi connectivity index (χ1v) is 45.3. The standard InChI is InChI=1S/C76H58Cl28S2/c1-5-9-13-17-21-31-33(23-19-15-11-7-3)39(105-37(31)27-25-35-49(77)53(81)43(54(82)50(35)78)41(45-57(85)65(93)73(101)66(94)58(45)86)46-59(87)67(95)74(102)68(96)60(46)88)29-30-40-34(24-20-16-12-8-4)32(22-18-14-10-6-2)38(106-40)28-26-36-51(79)55(83)44(56(84)52(36)80)42(47-61(89)69(97)75(103)70(98)62(47)90)48-63(91)71(99)76(104)72(100)64(48)92/h25-30H,5-24H2,1-4H3/b27-25+,28-26+,30-29+. The SMILES string of the molecule is CCCCCCc1c(/C=C/c2sc(/C=C/c3c(Cl)c(Cl)c([C](c4c(Cl)c(Cl)c(Cl)c(Cl)c4Cl)c4c(Cl)c(Cl)c(Cl)c(Cl)c4Cl)c(Cl)c3Cl)c(CCCCCC)c2CCCCCC)sc(/C=C/c2c(Cl)c(Cl)c([C](c3c(Cl)c(Cl)c(Cl)c(Cl)c3Cl)c3c(Cl)c(Cl)c(Cl)c(Cl)c3Cl)c(Cl)c2Cl)c1CCCCCC. The summed E-state index contributed by atoms with van der Waals surface area (Å²) in [6.07, 6.45) is 32.1. The quantitative estimate of drug-likeness (QED) is 0.0171. The van der Waals surface area contributed by atoms with E-state index in [9.17, 15) is 0 Å². The molecule has 0 saturated heterocycles. The maximum atomic E-state index is 7.46. The van der Waals surface area contributed by atoms with Crippen molar-refractivity contribution in [1.82, 2.24) is 0 Å². The molecule has 0 aliphatic carbocycles. The van der Waals surface area contributed by atoms with Crippen molar-refractivity contribution < 1.29 is 0 Å². The second kappa shape index (κ2) is 42.6. The van der Waals surface area contributed by atoms with Crippen LogP contribution in [0.5, 0.6) is 0 Å². The Hall–Kier alpha value is 2.06. The van der Waals surface area contributed by atoms with Crippen LogP contribution in [0.25, 0.3) is 36.5 Å². The van der Waals surface area contributed by atoms with Crippen LogP contribution >= 0.6 is 347 Å². The monoisotopic (exact) mass is 2010 g/mol. The highest BCUT2D eigenvalue weighted by molar-refractivity contribution is 7.15. The minimum Gasteiger partial charge on any atom is -0.136 e. The summed E-state index contributed by atoms with van der Waals surface area (Å²) >= 11 is 199. The van der Waals surface area contributed by atoms with Gasteiger partial charge in [-0.05, 0) is 97.9 Å². The average molecular weight is 2030 g/mol. The molecule has 0 aliphatic rings. The molecule has 570 valence electrons. The van der Waals surface area contributed by atoms with E-state index in [1.165, 1.54) is 22.3 Å². The van der Waals surface area contributed by atoms with Gasteiger partial charge in [0.1, 0.15) is 0 Å². The molecule has 2 heterocycles. The van der Waals surface area contributed by atoms with E-state index >= 15 is 0 Å². The zero-order chi connectivity index (χ0) is 78.4. The van der Waals surface area contributed by atoms with Crippen molar-refractivity contribution in [2.24, 2.45) is 0 Å². The number of halogens is 28. The summed E-state index contributed by atoms with van der Waals surface area (Å²) in [6.45, 7) is 8.80. The lowest BCUT2D eigenvalue weighted by molar-refractivity contribution is 0.651. The van der Waals surface area contributed by atoms with E-state index in [-0.39, 0.29) is 186 Å². The van der Waals surface area contributed by atoms with Crippen molar-refractivity contribution in [2.45, 2.75) is 156 Å². The average Bonchev–Trinajstić information content (AvgIpc) is 1.15. The van der Waals surface area contributed by atoms with Gasteiger partial charge in [-0.1, -0.05) is 442 Å². The van der Waals surface area contributed by atoms with Crippen molar-refractivity contribution in [1.29, 1.82) is 0 Å². The fraction of sp³-hybridized carbons (Fsp3) is 0.316. The van der Waals surface area contributed by atoms with Gasteiger partial charge in [0.15, 0.2) is 0 Å². The molecule has 0 bridgehead atoms. The van der Waals surface area contributed by atoms with E-state index in [2.05, 4.69) is 39.8 Å². The predicted molar refractivity (Wildman–Crippen MR) is 487 cm³/mol. The summed E-state index contributed by atoms with van der Waals surface area (Å²) < 4.78 is 0. The number of thiophene rings is 2. The molecule has 0 nitrogen and oxygen atoms in total. The molecule has 0 atom stereocenters. The molecule has 0 fully saturated rings. The maximum absolute atomic E-state index is 7.46. The highest BCUT2D eigenvalue weighted by Gasteiger charge is 2.41. The minimum atomic E-state index is -0.188. The van der Waals surface area contributed by atoms with Gasteiger partial charge in [0.2, 0.25) is 0 Å². The van der Waals surface area contributed by atoms with E-state index < -0.39 is 0 Å². The van der Waals surface area contributed by atoms with Gasteiger partial charge in [0.05, 0.1) is 152 Å². The molecule has 0 saturated carbocycles. The van der Waals surface area contributed by atoms with Crippen LogP contribution < -0.4 is 0 Å². The van der Waals surface area contributed by atoms with Gasteiger partial charge in [0.25, 0.3) is 0 Å². The topological polar surface area (TPSA) is 0 Å². The molecule has 106 heavy (non-hydrogen) atoms. The van der Waals surface area contributed by atoms with Crippen molar-refractivity contribution in [3.63, 3.8) is 0 Å². The second-order valence-electron chi connectivity index (χ2n) is 24.4. The normalized spacial score (nSPS) is 12.2. The highest BCUT2D eigenvalue weighted by Crippen LogP contribution is 2.61. The fourth-order valence-corrected chi connectivity index (χ4v) is 22.3. The van der Waals surface area contributed by atoms with Crippen molar-refractivity contribution in [3.05, 3.63) is 239 Å². The summed E-state index contributed by atoms with van der Waals surface area (Å²) in [7, 11) is 0. The van der Waals surface area contributed by atoms with Gasteiger partial charge in [-0.2, -0.15) is 0 Å². The van der Waals surface area contributed by atoms with Crippen LogP contribution in [0.15, 0.2) is 0 Å². The predicted octanol–water partition coefficient (Wildman–Crippen LogP) is 41.1. The Morgan fingerprint density at radius 3 is 0.509 bits per heavy atom. The second-order valence-corrected chi connectivity index (χ2v) is 37.2. The molecule has 8 aromatic rings. The van der Waals surface area contributed by atoms with Crippen LogP contribution in [0.2, 0.25) is 141 Å². The minimum absolute atomic E-state index is 0.0136. The third kappa shape index (κ3) is 20.1. The van der Waals surface area contributed by atoms with Gasteiger partial charge >= 0.3 is 0 Å². The van der Waals surface area contributed by atoms with Gasteiger partial charge in [-0.3, -0.25) is 0 Å². The molecule has 2 radical (unpaired) electrons. The first-order chi connectivity index (χ1) is 50.2. The van der Waals surface area contributed by atoms with E-state index in [1.807, 2.05) is 24.3 Å². The van der Waals surface area contributed by atoms with Crippen LogP contribution in [0, 0.1) is 11.8 Å². The van der Waals surface area contributed by atoms with Crippen LogP contribution in [0.1, 0.15) is 217 Å². The van der Waals surface area contributed by atoms with Crippen molar-refractivity contribution in [2.75, 3.05) is 0 Å². The molecule has 30 heteroatoms. The van der Waals surface area contributed by atoms with Gasteiger partial charge in [0, 0.05) is 64.0 Å². The molecular formula is C76H58Cl28S2. The Labute approximate surface area is 768 Å². The number of hydrogen-bond acceptors (Lipinski definition) is 2. The highest BCUT2D eigenvalue weighted by atomic mass is 35.5. The lowest BCUT2D eigenvalue weighted by atomic mass is 9.84. The lowest BCUT2D eigenvalue weighted by Crippen LogP contribution is -2.12. The molecule has 8 rings (SSSR count). The van der Waals surface area contributed by atoms with E-state index in [1.54, 1.807) is 22.7 Å². The molecule has 0 amide bonds. The van der Waals surface area contributed by atoms with Gasteiger partial charge < -0.3 is 0 Å². The first-order valence-electron chi connectivity index (χ1n) is 33.1. The number of benzene rings is 6. The Bertz CT molecular complexity index is 4130.